The van der Waals surface area contributed by atoms with Gasteiger partial charge in [0.2, 0.25) is 5.95 Å². The minimum Gasteiger partial charge on any atom is -0.383 e. The Morgan fingerprint density at radius 1 is 1.47 bits per heavy atom. The van der Waals surface area contributed by atoms with Gasteiger partial charge in [-0.3, -0.25) is 0 Å². The average molecular weight is 239 g/mol. The standard InChI is InChI=1S/C13H25N3O/c1-6-7-12(9-17-5)16-8-11(4)15-13(16)14-10(2)3/h8,10,12H,6-7,9H2,1-5H3,(H,14,15). The zero-order chi connectivity index (χ0) is 12.8. The molecule has 4 heteroatoms. The second kappa shape index (κ2) is 6.64. The molecule has 98 valence electrons. The molecule has 0 fully saturated rings. The van der Waals surface area contributed by atoms with Crippen molar-refractivity contribution in [3.05, 3.63) is 11.9 Å². The Kier molecular flexibility index (Phi) is 5.48. The van der Waals surface area contributed by atoms with Crippen LogP contribution in [0.15, 0.2) is 6.20 Å². The fraction of sp³-hybridized carbons (Fsp3) is 0.769. The van der Waals surface area contributed by atoms with Gasteiger partial charge >= 0.3 is 0 Å². The second-order valence-corrected chi connectivity index (χ2v) is 4.81. The number of aromatic nitrogens is 2. The summed E-state index contributed by atoms with van der Waals surface area (Å²) in [7, 11) is 1.75. The molecular weight excluding hydrogens is 214 g/mol. The summed E-state index contributed by atoms with van der Waals surface area (Å²) in [6.45, 7) is 9.20. The van der Waals surface area contributed by atoms with E-state index in [1.807, 2.05) is 6.92 Å². The highest BCUT2D eigenvalue weighted by Gasteiger charge is 2.15. The molecule has 1 aromatic heterocycles. The lowest BCUT2D eigenvalue weighted by molar-refractivity contribution is 0.151. The zero-order valence-electron chi connectivity index (χ0n) is 11.7. The maximum Gasteiger partial charge on any atom is 0.203 e. The van der Waals surface area contributed by atoms with E-state index in [-0.39, 0.29) is 0 Å². The molecule has 0 spiro atoms. The van der Waals surface area contributed by atoms with Gasteiger partial charge in [0.05, 0.1) is 18.3 Å². The van der Waals surface area contributed by atoms with Crippen LogP contribution >= 0.6 is 0 Å². The monoisotopic (exact) mass is 239 g/mol. The van der Waals surface area contributed by atoms with Gasteiger partial charge in [0, 0.05) is 19.3 Å². The number of hydrogen-bond donors (Lipinski definition) is 1. The predicted molar refractivity (Wildman–Crippen MR) is 71.5 cm³/mol. The SMILES string of the molecule is CCCC(COC)n1cc(C)nc1NC(C)C. The molecule has 1 heterocycles. The highest BCUT2D eigenvalue weighted by molar-refractivity contribution is 5.30. The Hall–Kier alpha value is -1.03. The minimum absolute atomic E-state index is 0.368. The van der Waals surface area contributed by atoms with Gasteiger partial charge in [-0.15, -0.1) is 0 Å². The van der Waals surface area contributed by atoms with Crippen LogP contribution < -0.4 is 5.32 Å². The van der Waals surface area contributed by atoms with Crippen molar-refractivity contribution >= 4 is 5.95 Å². The Labute approximate surface area is 104 Å². The summed E-state index contributed by atoms with van der Waals surface area (Å²) >= 11 is 0. The van der Waals surface area contributed by atoms with Gasteiger partial charge in [0.15, 0.2) is 0 Å². The molecule has 1 N–H and O–H groups in total. The number of methoxy groups -OCH3 is 1. The average Bonchev–Trinajstić information content (AvgIpc) is 2.58. The van der Waals surface area contributed by atoms with Crippen molar-refractivity contribution in [2.24, 2.45) is 0 Å². The Balaban J connectivity index is 2.91. The molecule has 1 rings (SSSR count). The molecule has 0 bridgehead atoms. The molecule has 17 heavy (non-hydrogen) atoms. The molecule has 0 aliphatic carbocycles. The number of nitrogens with zero attached hydrogens (tertiary/aromatic N) is 2. The van der Waals surface area contributed by atoms with Crippen molar-refractivity contribution < 1.29 is 4.74 Å². The molecule has 0 aromatic carbocycles. The molecule has 0 radical (unpaired) electrons. The van der Waals surface area contributed by atoms with E-state index in [1.54, 1.807) is 7.11 Å². The molecule has 4 nitrogen and oxygen atoms in total. The van der Waals surface area contributed by atoms with Crippen LogP contribution in [-0.2, 0) is 4.74 Å². The van der Waals surface area contributed by atoms with Crippen LogP contribution in [0, 0.1) is 6.92 Å². The number of nitrogens with one attached hydrogen (secondary N) is 1. The maximum absolute atomic E-state index is 5.30. The van der Waals surface area contributed by atoms with Crippen molar-refractivity contribution in [2.45, 2.75) is 52.6 Å². The summed E-state index contributed by atoms with van der Waals surface area (Å²) in [5, 5.41) is 3.39. The number of ether oxygens (including phenoxy) is 1. The highest BCUT2D eigenvalue weighted by Crippen LogP contribution is 2.21. The van der Waals surface area contributed by atoms with Gasteiger partial charge in [-0.2, -0.15) is 0 Å². The fourth-order valence-electron chi connectivity index (χ4n) is 1.99. The zero-order valence-corrected chi connectivity index (χ0v) is 11.7. The smallest absolute Gasteiger partial charge is 0.203 e. The largest absolute Gasteiger partial charge is 0.383 e. The van der Waals surface area contributed by atoms with E-state index in [9.17, 15) is 0 Å². The fourth-order valence-corrected chi connectivity index (χ4v) is 1.99. The lowest BCUT2D eigenvalue weighted by Crippen LogP contribution is -2.20. The normalized spacial score (nSPS) is 13.1. The van der Waals surface area contributed by atoms with E-state index in [4.69, 9.17) is 4.74 Å². The molecule has 1 aromatic rings. The van der Waals surface area contributed by atoms with Crippen LogP contribution in [0.5, 0.6) is 0 Å². The Morgan fingerprint density at radius 2 is 2.18 bits per heavy atom. The van der Waals surface area contributed by atoms with Crippen molar-refractivity contribution in [1.29, 1.82) is 0 Å². The number of rotatable bonds is 7. The first-order valence-corrected chi connectivity index (χ1v) is 6.39. The third-order valence-electron chi connectivity index (χ3n) is 2.64. The Morgan fingerprint density at radius 3 is 2.71 bits per heavy atom. The van der Waals surface area contributed by atoms with Crippen molar-refractivity contribution in [2.75, 3.05) is 19.0 Å². The van der Waals surface area contributed by atoms with Crippen LogP contribution in [0.3, 0.4) is 0 Å². The molecule has 0 amide bonds. The van der Waals surface area contributed by atoms with E-state index < -0.39 is 0 Å². The van der Waals surface area contributed by atoms with Gasteiger partial charge < -0.3 is 14.6 Å². The Bertz CT molecular complexity index is 327. The maximum atomic E-state index is 5.30. The van der Waals surface area contributed by atoms with Crippen LogP contribution in [0.4, 0.5) is 5.95 Å². The molecule has 1 atom stereocenters. The molecule has 0 aliphatic rings. The third kappa shape index (κ3) is 4.04. The van der Waals surface area contributed by atoms with Gasteiger partial charge in [-0.1, -0.05) is 13.3 Å². The summed E-state index contributed by atoms with van der Waals surface area (Å²) in [5.74, 6) is 0.952. The summed E-state index contributed by atoms with van der Waals surface area (Å²) in [5.41, 5.74) is 1.05. The number of aryl methyl sites for hydroxylation is 1. The third-order valence-corrected chi connectivity index (χ3v) is 2.64. The quantitative estimate of drug-likeness (QED) is 0.795. The van der Waals surface area contributed by atoms with Gasteiger partial charge in [0.1, 0.15) is 0 Å². The summed E-state index contributed by atoms with van der Waals surface area (Å²) < 4.78 is 7.51. The first-order chi connectivity index (χ1) is 8.08. The minimum atomic E-state index is 0.368. The van der Waals surface area contributed by atoms with Gasteiger partial charge in [-0.25, -0.2) is 4.98 Å². The van der Waals surface area contributed by atoms with Crippen molar-refractivity contribution in [3.8, 4) is 0 Å². The molecule has 1 unspecified atom stereocenters. The first kappa shape index (κ1) is 14.0. The van der Waals surface area contributed by atoms with Crippen LogP contribution in [0.2, 0.25) is 0 Å². The lowest BCUT2D eigenvalue weighted by Gasteiger charge is -2.20. The van der Waals surface area contributed by atoms with Crippen molar-refractivity contribution in [1.82, 2.24) is 9.55 Å². The highest BCUT2D eigenvalue weighted by atomic mass is 16.5. The summed E-state index contributed by atoms with van der Waals surface area (Å²) in [6.07, 6.45) is 4.35. The number of hydrogen-bond acceptors (Lipinski definition) is 3. The van der Waals surface area contributed by atoms with E-state index in [1.165, 1.54) is 0 Å². The van der Waals surface area contributed by atoms with Gasteiger partial charge in [-0.05, 0) is 27.2 Å². The van der Waals surface area contributed by atoms with Crippen LogP contribution in [0.1, 0.15) is 45.3 Å². The molecule has 0 saturated carbocycles. The second-order valence-electron chi connectivity index (χ2n) is 4.81. The van der Waals surface area contributed by atoms with E-state index in [0.29, 0.717) is 12.1 Å². The van der Waals surface area contributed by atoms with Crippen molar-refractivity contribution in [3.63, 3.8) is 0 Å². The molecular formula is C13H25N3O. The van der Waals surface area contributed by atoms with Crippen LogP contribution in [0.25, 0.3) is 0 Å². The van der Waals surface area contributed by atoms with Gasteiger partial charge in [0.25, 0.3) is 0 Å². The topological polar surface area (TPSA) is 39.1 Å². The predicted octanol–water partition coefficient (Wildman–Crippen LogP) is 3.00. The van der Waals surface area contributed by atoms with E-state index in [2.05, 4.69) is 41.8 Å². The molecule has 0 saturated heterocycles. The number of anilines is 1. The van der Waals surface area contributed by atoms with Crippen LogP contribution in [-0.4, -0.2) is 29.3 Å². The molecule has 0 aliphatic heterocycles. The van der Waals surface area contributed by atoms with E-state index >= 15 is 0 Å². The first-order valence-electron chi connectivity index (χ1n) is 6.39. The number of imidazole rings is 1. The summed E-state index contributed by atoms with van der Waals surface area (Å²) in [6, 6.07) is 0.757. The lowest BCUT2D eigenvalue weighted by atomic mass is 10.2. The van der Waals surface area contributed by atoms with E-state index in [0.717, 1.165) is 31.1 Å². The summed E-state index contributed by atoms with van der Waals surface area (Å²) in [4.78, 5) is 4.53.